The molecule has 0 heterocycles. The van der Waals surface area contributed by atoms with Crippen molar-refractivity contribution < 1.29 is 19.4 Å². The van der Waals surface area contributed by atoms with Gasteiger partial charge in [-0.25, -0.2) is 0 Å². The largest absolute Gasteiger partial charge is 0.493 e. The number of methoxy groups -OCH3 is 1. The van der Waals surface area contributed by atoms with Gasteiger partial charge < -0.3 is 19.4 Å². The molecule has 23 heavy (non-hydrogen) atoms. The Morgan fingerprint density at radius 1 is 1.00 bits per heavy atom. The third kappa shape index (κ3) is 4.92. The van der Waals surface area contributed by atoms with Gasteiger partial charge in [0.1, 0.15) is 19.0 Å². The van der Waals surface area contributed by atoms with Crippen LogP contribution in [0.1, 0.15) is 18.1 Å². The number of benzene rings is 2. The molecular weight excluding hydrogens is 294 g/mol. The normalized spacial score (nSPS) is 10.7. The van der Waals surface area contributed by atoms with Crippen LogP contribution in [0.25, 0.3) is 0 Å². The summed E-state index contributed by atoms with van der Waals surface area (Å²) >= 11 is 0. The minimum atomic E-state index is 0.381. The van der Waals surface area contributed by atoms with Crippen molar-refractivity contribution in [1.82, 2.24) is 0 Å². The van der Waals surface area contributed by atoms with Crippen molar-refractivity contribution in [2.75, 3.05) is 20.3 Å². The molecule has 2 aromatic rings. The molecule has 0 aromatic heterocycles. The molecule has 0 aliphatic rings. The van der Waals surface area contributed by atoms with Crippen LogP contribution >= 0.6 is 0 Å². The van der Waals surface area contributed by atoms with E-state index in [1.54, 1.807) is 25.3 Å². The summed E-state index contributed by atoms with van der Waals surface area (Å²) in [4.78, 5) is 0. The summed E-state index contributed by atoms with van der Waals surface area (Å²) in [6.45, 7) is 2.92. The van der Waals surface area contributed by atoms with Crippen LogP contribution < -0.4 is 14.2 Å². The van der Waals surface area contributed by atoms with E-state index in [4.69, 9.17) is 19.4 Å². The van der Waals surface area contributed by atoms with Crippen LogP contribution in [0.15, 0.2) is 47.6 Å². The van der Waals surface area contributed by atoms with E-state index in [0.29, 0.717) is 24.7 Å². The summed E-state index contributed by atoms with van der Waals surface area (Å²) in [5, 5.41) is 11.6. The lowest BCUT2D eigenvalue weighted by Gasteiger charge is -2.12. The standard InChI is InChI=1S/C18H21NO4/c1-3-14-4-7-16(8-5-14)22-10-11-23-18-12-15(13-19-20)6-9-17(18)21-2/h4-9,12-13,20H,3,10-11H2,1-2H3. The Morgan fingerprint density at radius 3 is 2.39 bits per heavy atom. The number of hydrogen-bond donors (Lipinski definition) is 1. The molecule has 0 spiro atoms. The summed E-state index contributed by atoms with van der Waals surface area (Å²) in [6.07, 6.45) is 2.34. The van der Waals surface area contributed by atoms with E-state index >= 15 is 0 Å². The SMILES string of the molecule is CCc1ccc(OCCOc2cc(C=NO)ccc2OC)cc1. The quantitative estimate of drug-likeness (QED) is 0.350. The van der Waals surface area contributed by atoms with E-state index in [0.717, 1.165) is 17.7 Å². The third-order valence-corrected chi connectivity index (χ3v) is 3.34. The first-order chi connectivity index (χ1) is 11.3. The Bertz CT molecular complexity index is 638. The van der Waals surface area contributed by atoms with Gasteiger partial charge in [-0.3, -0.25) is 0 Å². The third-order valence-electron chi connectivity index (χ3n) is 3.34. The molecule has 0 saturated carbocycles. The molecule has 0 bridgehead atoms. The Hall–Kier alpha value is -2.69. The van der Waals surface area contributed by atoms with Gasteiger partial charge in [0, 0.05) is 5.56 Å². The highest BCUT2D eigenvalue weighted by atomic mass is 16.5. The van der Waals surface area contributed by atoms with Crippen LogP contribution in [0.3, 0.4) is 0 Å². The molecule has 0 atom stereocenters. The van der Waals surface area contributed by atoms with Crippen molar-refractivity contribution >= 4 is 6.21 Å². The van der Waals surface area contributed by atoms with Crippen LogP contribution in [0.2, 0.25) is 0 Å². The molecule has 0 unspecified atom stereocenters. The zero-order chi connectivity index (χ0) is 16.5. The first-order valence-corrected chi connectivity index (χ1v) is 7.46. The van der Waals surface area contributed by atoms with Crippen molar-refractivity contribution in [3.8, 4) is 17.2 Å². The summed E-state index contributed by atoms with van der Waals surface area (Å²) in [6, 6.07) is 13.3. The van der Waals surface area contributed by atoms with Crippen molar-refractivity contribution in [2.24, 2.45) is 5.16 Å². The molecule has 0 aliphatic carbocycles. The zero-order valence-electron chi connectivity index (χ0n) is 13.4. The second-order valence-corrected chi connectivity index (χ2v) is 4.85. The fourth-order valence-electron chi connectivity index (χ4n) is 2.09. The summed E-state index contributed by atoms with van der Waals surface area (Å²) in [7, 11) is 1.58. The van der Waals surface area contributed by atoms with Crippen molar-refractivity contribution in [1.29, 1.82) is 0 Å². The van der Waals surface area contributed by atoms with Gasteiger partial charge in [0.15, 0.2) is 11.5 Å². The van der Waals surface area contributed by atoms with Crippen molar-refractivity contribution in [3.63, 3.8) is 0 Å². The summed E-state index contributed by atoms with van der Waals surface area (Å²) in [5.74, 6) is 2.01. The van der Waals surface area contributed by atoms with Crippen LogP contribution in [0.4, 0.5) is 0 Å². The van der Waals surface area contributed by atoms with Gasteiger partial charge in [0.05, 0.1) is 13.3 Å². The Balaban J connectivity index is 1.88. The molecule has 2 aromatic carbocycles. The lowest BCUT2D eigenvalue weighted by Crippen LogP contribution is -2.09. The molecule has 0 fully saturated rings. The predicted octanol–water partition coefficient (Wildman–Crippen LogP) is 3.52. The van der Waals surface area contributed by atoms with Crippen LogP contribution in [0.5, 0.6) is 17.2 Å². The molecule has 0 aliphatic heterocycles. The Kier molecular flexibility index (Phi) is 6.29. The fraction of sp³-hybridized carbons (Fsp3) is 0.278. The van der Waals surface area contributed by atoms with E-state index < -0.39 is 0 Å². The van der Waals surface area contributed by atoms with Gasteiger partial charge in [0.2, 0.25) is 0 Å². The van der Waals surface area contributed by atoms with Crippen molar-refractivity contribution in [3.05, 3.63) is 53.6 Å². The molecule has 122 valence electrons. The molecule has 2 rings (SSSR count). The molecule has 1 N–H and O–H groups in total. The number of rotatable bonds is 8. The minimum Gasteiger partial charge on any atom is -0.493 e. The molecule has 0 amide bonds. The number of hydrogen-bond acceptors (Lipinski definition) is 5. The average Bonchev–Trinajstić information content (AvgIpc) is 2.60. The maximum Gasteiger partial charge on any atom is 0.161 e. The Morgan fingerprint density at radius 2 is 1.74 bits per heavy atom. The van der Waals surface area contributed by atoms with Gasteiger partial charge >= 0.3 is 0 Å². The molecular formula is C18H21NO4. The molecule has 0 radical (unpaired) electrons. The number of ether oxygens (including phenoxy) is 3. The first kappa shape index (κ1) is 16.7. The van der Waals surface area contributed by atoms with Gasteiger partial charge in [0.25, 0.3) is 0 Å². The zero-order valence-corrected chi connectivity index (χ0v) is 13.4. The fourth-order valence-corrected chi connectivity index (χ4v) is 2.09. The Labute approximate surface area is 136 Å². The smallest absolute Gasteiger partial charge is 0.161 e. The maximum absolute atomic E-state index is 8.59. The lowest BCUT2D eigenvalue weighted by molar-refractivity contribution is 0.211. The van der Waals surface area contributed by atoms with Crippen LogP contribution in [0, 0.1) is 0 Å². The monoisotopic (exact) mass is 315 g/mol. The summed E-state index contributed by atoms with van der Waals surface area (Å²) < 4.78 is 16.6. The van der Waals surface area contributed by atoms with E-state index in [-0.39, 0.29) is 0 Å². The second kappa shape index (κ2) is 8.68. The number of oxime groups is 1. The van der Waals surface area contributed by atoms with E-state index in [2.05, 4.69) is 24.2 Å². The predicted molar refractivity (Wildman–Crippen MR) is 89.2 cm³/mol. The number of nitrogens with zero attached hydrogens (tertiary/aromatic N) is 1. The van der Waals surface area contributed by atoms with Gasteiger partial charge in [-0.2, -0.15) is 0 Å². The van der Waals surface area contributed by atoms with Gasteiger partial charge in [-0.1, -0.05) is 24.2 Å². The summed E-state index contributed by atoms with van der Waals surface area (Å²) in [5.41, 5.74) is 2.00. The highest BCUT2D eigenvalue weighted by Crippen LogP contribution is 2.27. The minimum absolute atomic E-state index is 0.381. The van der Waals surface area contributed by atoms with Gasteiger partial charge in [-0.05, 0) is 42.3 Å². The van der Waals surface area contributed by atoms with E-state index in [1.807, 2.05) is 12.1 Å². The van der Waals surface area contributed by atoms with Crippen molar-refractivity contribution in [2.45, 2.75) is 13.3 Å². The second-order valence-electron chi connectivity index (χ2n) is 4.85. The topological polar surface area (TPSA) is 60.3 Å². The number of aryl methyl sites for hydroxylation is 1. The average molecular weight is 315 g/mol. The first-order valence-electron chi connectivity index (χ1n) is 7.46. The highest BCUT2D eigenvalue weighted by molar-refractivity contribution is 5.80. The molecule has 5 nitrogen and oxygen atoms in total. The molecule has 5 heteroatoms. The molecule has 0 saturated heterocycles. The van der Waals surface area contributed by atoms with Crippen LogP contribution in [-0.4, -0.2) is 31.7 Å². The van der Waals surface area contributed by atoms with E-state index in [1.165, 1.54) is 11.8 Å². The van der Waals surface area contributed by atoms with Crippen LogP contribution in [-0.2, 0) is 6.42 Å². The lowest BCUT2D eigenvalue weighted by atomic mass is 10.2. The van der Waals surface area contributed by atoms with E-state index in [9.17, 15) is 0 Å². The highest BCUT2D eigenvalue weighted by Gasteiger charge is 2.05. The van der Waals surface area contributed by atoms with Gasteiger partial charge in [-0.15, -0.1) is 0 Å². The maximum atomic E-state index is 8.59.